The summed E-state index contributed by atoms with van der Waals surface area (Å²) in [7, 11) is 0. The molecule has 0 amide bonds. The van der Waals surface area contributed by atoms with Gasteiger partial charge in [-0.25, -0.2) is 0 Å². The lowest BCUT2D eigenvalue weighted by Gasteiger charge is -2.30. The van der Waals surface area contributed by atoms with Crippen molar-refractivity contribution in [3.8, 4) is 0 Å². The first-order valence-corrected chi connectivity index (χ1v) is 11.6. The molecule has 0 aliphatic rings. The van der Waals surface area contributed by atoms with E-state index < -0.39 is 0 Å². The highest BCUT2D eigenvalue weighted by Crippen LogP contribution is 2.34. The van der Waals surface area contributed by atoms with E-state index in [1.165, 1.54) is 70.6 Å². The van der Waals surface area contributed by atoms with Gasteiger partial charge in [0.2, 0.25) is 0 Å². The molecule has 0 nitrogen and oxygen atoms in total. The van der Waals surface area contributed by atoms with E-state index >= 15 is 0 Å². The summed E-state index contributed by atoms with van der Waals surface area (Å²) >= 11 is 0. The van der Waals surface area contributed by atoms with Crippen LogP contribution in [0.3, 0.4) is 0 Å². The van der Waals surface area contributed by atoms with Gasteiger partial charge in [0, 0.05) is 0 Å². The average Bonchev–Trinajstić information content (AvgIpc) is 2.57. The lowest BCUT2D eigenvalue weighted by molar-refractivity contribution is 0.536. The van der Waals surface area contributed by atoms with Gasteiger partial charge in [-0.3, -0.25) is 0 Å². The molecule has 0 aliphatic heterocycles. The van der Waals surface area contributed by atoms with Crippen molar-refractivity contribution in [2.45, 2.75) is 129 Å². The van der Waals surface area contributed by atoms with Crippen LogP contribution in [-0.2, 0) is 17.3 Å². The van der Waals surface area contributed by atoms with Crippen LogP contribution in [0.25, 0.3) is 0 Å². The smallest absolute Gasteiger partial charge is 0.0129 e. The molecule has 0 atom stereocenters. The zero-order valence-corrected chi connectivity index (χ0v) is 19.4. The summed E-state index contributed by atoms with van der Waals surface area (Å²) in [5, 5.41) is 0. The first-order chi connectivity index (χ1) is 12.7. The molecule has 0 saturated heterocycles. The second kappa shape index (κ2) is 11.9. The Morgan fingerprint density at radius 3 is 1.33 bits per heavy atom. The molecule has 1 aromatic rings. The Morgan fingerprint density at radius 1 is 0.593 bits per heavy atom. The first kappa shape index (κ1) is 24.3. The van der Waals surface area contributed by atoms with Gasteiger partial charge < -0.3 is 0 Å². The lowest BCUT2D eigenvalue weighted by atomic mass is 9.75. The minimum absolute atomic E-state index is 0.227. The van der Waals surface area contributed by atoms with Crippen molar-refractivity contribution in [2.75, 3.05) is 0 Å². The number of benzene rings is 1. The van der Waals surface area contributed by atoms with E-state index in [2.05, 4.69) is 66.7 Å². The molecule has 1 aromatic carbocycles. The molecular weight excluding hydrogens is 324 g/mol. The third-order valence-corrected chi connectivity index (χ3v) is 5.72. The highest BCUT2D eigenvalue weighted by molar-refractivity contribution is 5.42. The van der Waals surface area contributed by atoms with E-state index in [4.69, 9.17) is 0 Å². The summed E-state index contributed by atoms with van der Waals surface area (Å²) in [6.07, 6.45) is 16.3. The van der Waals surface area contributed by atoms with E-state index in [1.54, 1.807) is 16.7 Å². The number of unbranched alkanes of at least 4 members (excludes halogenated alkanes) is 10. The maximum atomic E-state index is 3.92. The molecule has 0 aromatic heterocycles. The average molecular weight is 372 g/mol. The molecule has 0 heterocycles. The molecule has 0 fully saturated rings. The number of rotatable bonds is 12. The van der Waals surface area contributed by atoms with Crippen LogP contribution < -0.4 is 0 Å². The van der Waals surface area contributed by atoms with Crippen LogP contribution in [-0.4, -0.2) is 0 Å². The van der Waals surface area contributed by atoms with Crippen LogP contribution >= 0.6 is 0 Å². The number of hydrogen-bond donors (Lipinski definition) is 0. The van der Waals surface area contributed by atoms with Crippen molar-refractivity contribution in [2.24, 2.45) is 0 Å². The highest BCUT2D eigenvalue weighted by Gasteiger charge is 2.24. The van der Waals surface area contributed by atoms with Gasteiger partial charge in [-0.15, -0.1) is 0 Å². The summed E-state index contributed by atoms with van der Waals surface area (Å²) in [6, 6.07) is 6.99. The zero-order chi connectivity index (χ0) is 20.3. The topological polar surface area (TPSA) is 0 Å². The van der Waals surface area contributed by atoms with Crippen LogP contribution in [0.4, 0.5) is 0 Å². The monoisotopic (exact) mass is 371 g/mol. The normalized spacial score (nSPS) is 12.6. The summed E-state index contributed by atoms with van der Waals surface area (Å²) in [6.45, 7) is 18.1. The van der Waals surface area contributed by atoms with Gasteiger partial charge in [0.05, 0.1) is 0 Å². The van der Waals surface area contributed by atoms with Gasteiger partial charge in [0.15, 0.2) is 0 Å². The Kier molecular flexibility index (Phi) is 10.7. The van der Waals surface area contributed by atoms with Gasteiger partial charge in [-0.2, -0.15) is 0 Å². The predicted molar refractivity (Wildman–Crippen MR) is 124 cm³/mol. The summed E-state index contributed by atoms with van der Waals surface area (Å²) in [5.74, 6) is 0. The Morgan fingerprint density at radius 2 is 0.963 bits per heavy atom. The molecular formula is C27H47. The minimum atomic E-state index is 0.227. The van der Waals surface area contributed by atoms with Crippen LogP contribution in [0.2, 0.25) is 0 Å². The Hall–Kier alpha value is -0.780. The van der Waals surface area contributed by atoms with Gasteiger partial charge in [-0.05, 0) is 40.4 Å². The molecule has 1 radical (unpaired) electrons. The molecule has 0 spiro atoms. The van der Waals surface area contributed by atoms with Gasteiger partial charge in [0.25, 0.3) is 0 Å². The molecule has 0 N–H and O–H groups in total. The minimum Gasteiger partial charge on any atom is -0.0617 e. The van der Waals surface area contributed by atoms with Gasteiger partial charge in [-0.1, -0.05) is 131 Å². The number of hydrogen-bond acceptors (Lipinski definition) is 0. The predicted octanol–water partition coefficient (Wildman–Crippen LogP) is 8.95. The molecule has 0 unspecified atom stereocenters. The van der Waals surface area contributed by atoms with E-state index in [1.807, 2.05) is 0 Å². The maximum absolute atomic E-state index is 3.92. The maximum Gasteiger partial charge on any atom is -0.0129 e. The van der Waals surface area contributed by atoms with E-state index in [0.717, 1.165) is 6.42 Å². The van der Waals surface area contributed by atoms with Crippen molar-refractivity contribution in [1.29, 1.82) is 0 Å². The third kappa shape index (κ3) is 9.31. The first-order valence-electron chi connectivity index (χ1n) is 11.6. The Balaban J connectivity index is 2.44. The van der Waals surface area contributed by atoms with Crippen LogP contribution in [0.5, 0.6) is 0 Å². The van der Waals surface area contributed by atoms with Crippen LogP contribution in [0.1, 0.15) is 129 Å². The molecule has 0 heteroatoms. The van der Waals surface area contributed by atoms with Crippen LogP contribution in [0.15, 0.2) is 18.2 Å². The van der Waals surface area contributed by atoms with Gasteiger partial charge in [0.1, 0.15) is 0 Å². The SMILES string of the molecule is [CH2]CCCCCCCCCCCCc1c(C(C)(C)C)cccc1C(C)(C)C. The molecule has 0 aliphatic carbocycles. The van der Waals surface area contributed by atoms with Crippen molar-refractivity contribution in [1.82, 2.24) is 0 Å². The van der Waals surface area contributed by atoms with E-state index in [9.17, 15) is 0 Å². The van der Waals surface area contributed by atoms with Crippen LogP contribution in [0, 0.1) is 6.92 Å². The van der Waals surface area contributed by atoms with E-state index in [0.29, 0.717) is 0 Å². The van der Waals surface area contributed by atoms with Crippen molar-refractivity contribution in [3.63, 3.8) is 0 Å². The fourth-order valence-corrected chi connectivity index (χ4v) is 4.15. The van der Waals surface area contributed by atoms with Gasteiger partial charge >= 0.3 is 0 Å². The zero-order valence-electron chi connectivity index (χ0n) is 19.4. The lowest BCUT2D eigenvalue weighted by Crippen LogP contribution is -2.21. The fourth-order valence-electron chi connectivity index (χ4n) is 4.15. The van der Waals surface area contributed by atoms with Crippen molar-refractivity contribution in [3.05, 3.63) is 41.8 Å². The molecule has 0 saturated carbocycles. The quantitative estimate of drug-likeness (QED) is 0.322. The Bertz CT molecular complexity index is 478. The Labute approximate surface area is 171 Å². The van der Waals surface area contributed by atoms with Crippen molar-refractivity contribution >= 4 is 0 Å². The third-order valence-electron chi connectivity index (χ3n) is 5.72. The molecule has 0 bridgehead atoms. The molecule has 1 rings (SSSR count). The molecule has 27 heavy (non-hydrogen) atoms. The summed E-state index contributed by atoms with van der Waals surface area (Å²) < 4.78 is 0. The fraction of sp³-hybridized carbons (Fsp3) is 0.741. The second-order valence-electron chi connectivity index (χ2n) is 10.5. The van der Waals surface area contributed by atoms with Crippen molar-refractivity contribution < 1.29 is 0 Å². The highest BCUT2D eigenvalue weighted by atomic mass is 14.3. The standard InChI is InChI=1S/C27H47/c1-8-9-10-11-12-13-14-15-16-17-18-20-23-24(26(2,3)4)21-19-22-25(23)27(5,6)7/h19,21-22H,1,8-18,20H2,2-7H3. The second-order valence-corrected chi connectivity index (χ2v) is 10.5. The summed E-state index contributed by atoms with van der Waals surface area (Å²) in [4.78, 5) is 0. The molecule has 155 valence electrons. The van der Waals surface area contributed by atoms with E-state index in [-0.39, 0.29) is 10.8 Å². The summed E-state index contributed by atoms with van der Waals surface area (Å²) in [5.41, 5.74) is 5.19. The largest absolute Gasteiger partial charge is 0.0617 e.